The summed E-state index contributed by atoms with van der Waals surface area (Å²) in [6.45, 7) is 1.88. The van der Waals surface area contributed by atoms with Gasteiger partial charge in [-0.05, 0) is 24.6 Å². The van der Waals surface area contributed by atoms with Crippen LogP contribution in [0.4, 0.5) is 18.3 Å². The van der Waals surface area contributed by atoms with Crippen molar-refractivity contribution in [2.45, 2.75) is 19.1 Å². The first-order valence-electron chi connectivity index (χ1n) is 5.30. The highest BCUT2D eigenvalue weighted by Crippen LogP contribution is 2.30. The second kappa shape index (κ2) is 4.97. The van der Waals surface area contributed by atoms with Crippen molar-refractivity contribution in [3.63, 3.8) is 0 Å². The number of aromatic nitrogens is 1. The van der Waals surface area contributed by atoms with Crippen LogP contribution in [-0.4, -0.2) is 4.98 Å². The predicted octanol–water partition coefficient (Wildman–Crippen LogP) is 4.34. The fourth-order valence-corrected chi connectivity index (χ4v) is 2.14. The van der Waals surface area contributed by atoms with Crippen LogP contribution in [0.2, 0.25) is 0 Å². The van der Waals surface area contributed by atoms with Crippen LogP contribution in [0.15, 0.2) is 35.8 Å². The van der Waals surface area contributed by atoms with Crippen molar-refractivity contribution >= 4 is 16.5 Å². The highest BCUT2D eigenvalue weighted by molar-refractivity contribution is 7.13. The van der Waals surface area contributed by atoms with Crippen LogP contribution in [0, 0.1) is 0 Å². The minimum absolute atomic E-state index is 0.0848. The van der Waals surface area contributed by atoms with Gasteiger partial charge >= 0.3 is 6.18 Å². The molecule has 1 atom stereocenters. The quantitative estimate of drug-likeness (QED) is 0.899. The van der Waals surface area contributed by atoms with Crippen molar-refractivity contribution < 1.29 is 13.2 Å². The molecular weight excluding hydrogens is 261 g/mol. The van der Waals surface area contributed by atoms with E-state index in [4.69, 9.17) is 0 Å². The first kappa shape index (κ1) is 12.9. The van der Waals surface area contributed by atoms with Gasteiger partial charge < -0.3 is 5.32 Å². The predicted molar refractivity (Wildman–Crippen MR) is 65.6 cm³/mol. The molecule has 1 aromatic heterocycles. The van der Waals surface area contributed by atoms with Crippen molar-refractivity contribution in [2.24, 2.45) is 0 Å². The average molecular weight is 272 g/mol. The van der Waals surface area contributed by atoms with Crippen molar-refractivity contribution in [3.8, 4) is 0 Å². The molecule has 1 heterocycles. The van der Waals surface area contributed by atoms with E-state index >= 15 is 0 Å². The van der Waals surface area contributed by atoms with E-state index in [1.807, 2.05) is 12.3 Å². The van der Waals surface area contributed by atoms with Crippen LogP contribution in [0.25, 0.3) is 0 Å². The summed E-state index contributed by atoms with van der Waals surface area (Å²) >= 11 is 1.45. The zero-order valence-electron chi connectivity index (χ0n) is 9.53. The Balaban J connectivity index is 2.10. The lowest BCUT2D eigenvalue weighted by atomic mass is 10.1. The second-order valence-electron chi connectivity index (χ2n) is 3.82. The van der Waals surface area contributed by atoms with Gasteiger partial charge in [-0.1, -0.05) is 12.1 Å². The molecule has 1 unspecified atom stereocenters. The van der Waals surface area contributed by atoms with E-state index in [2.05, 4.69) is 10.3 Å². The Morgan fingerprint density at radius 1 is 1.22 bits per heavy atom. The topological polar surface area (TPSA) is 24.9 Å². The lowest BCUT2D eigenvalue weighted by Gasteiger charge is -2.14. The molecule has 0 saturated carbocycles. The zero-order chi connectivity index (χ0) is 13.2. The molecule has 0 fully saturated rings. The van der Waals surface area contributed by atoms with Gasteiger partial charge in [0.1, 0.15) is 0 Å². The van der Waals surface area contributed by atoms with Crippen LogP contribution in [0.5, 0.6) is 0 Å². The fourth-order valence-electron chi connectivity index (χ4n) is 1.52. The number of anilines is 1. The number of nitrogens with zero attached hydrogens (tertiary/aromatic N) is 1. The van der Waals surface area contributed by atoms with E-state index in [-0.39, 0.29) is 6.04 Å². The zero-order valence-corrected chi connectivity index (χ0v) is 10.3. The first-order valence-corrected chi connectivity index (χ1v) is 6.18. The molecule has 0 saturated heterocycles. The molecule has 1 aromatic carbocycles. The highest BCUT2D eigenvalue weighted by Gasteiger charge is 2.30. The van der Waals surface area contributed by atoms with Crippen LogP contribution >= 0.6 is 11.3 Å². The summed E-state index contributed by atoms with van der Waals surface area (Å²) in [4.78, 5) is 4.07. The number of halogens is 3. The molecule has 0 aliphatic heterocycles. The number of rotatable bonds is 3. The van der Waals surface area contributed by atoms with Crippen molar-refractivity contribution in [3.05, 3.63) is 47.0 Å². The smallest absolute Gasteiger partial charge is 0.355 e. The first-order chi connectivity index (χ1) is 8.47. The Hall–Kier alpha value is -1.56. The number of hydrogen-bond donors (Lipinski definition) is 1. The normalized spacial score (nSPS) is 13.3. The van der Waals surface area contributed by atoms with E-state index in [9.17, 15) is 13.2 Å². The third kappa shape index (κ3) is 3.01. The molecule has 0 spiro atoms. The van der Waals surface area contributed by atoms with Gasteiger partial charge in [0.2, 0.25) is 0 Å². The van der Waals surface area contributed by atoms with Gasteiger partial charge in [-0.25, -0.2) is 4.98 Å². The molecule has 2 nitrogen and oxygen atoms in total. The monoisotopic (exact) mass is 272 g/mol. The van der Waals surface area contributed by atoms with Gasteiger partial charge in [-0.3, -0.25) is 0 Å². The Bertz CT molecular complexity index is 491. The number of alkyl halides is 3. The summed E-state index contributed by atoms with van der Waals surface area (Å²) in [5.74, 6) is 0. The third-order valence-corrected chi connectivity index (χ3v) is 3.21. The van der Waals surface area contributed by atoms with Gasteiger partial charge in [-0.2, -0.15) is 13.2 Å². The Morgan fingerprint density at radius 3 is 2.39 bits per heavy atom. The Kier molecular flexibility index (Phi) is 3.56. The summed E-state index contributed by atoms with van der Waals surface area (Å²) in [6.07, 6.45) is -2.61. The van der Waals surface area contributed by atoms with Gasteiger partial charge in [0.15, 0.2) is 5.13 Å². The van der Waals surface area contributed by atoms with Crippen molar-refractivity contribution in [1.82, 2.24) is 4.98 Å². The Morgan fingerprint density at radius 2 is 1.89 bits per heavy atom. The highest BCUT2D eigenvalue weighted by atomic mass is 32.1. The molecule has 0 bridgehead atoms. The summed E-state index contributed by atoms with van der Waals surface area (Å²) in [5.41, 5.74) is 0.158. The minimum Gasteiger partial charge on any atom is -0.355 e. The number of benzene rings is 1. The summed E-state index contributed by atoms with van der Waals surface area (Å²) in [6, 6.07) is 5.06. The number of hydrogen-bond acceptors (Lipinski definition) is 3. The maximum absolute atomic E-state index is 12.4. The van der Waals surface area contributed by atoms with E-state index in [0.717, 1.165) is 22.8 Å². The standard InChI is InChI=1S/C12H11F3N2S/c1-8(17-11-16-6-7-18-11)9-2-4-10(5-3-9)12(13,14)15/h2-8H,1H3,(H,16,17). The van der Waals surface area contributed by atoms with Crippen LogP contribution in [0.1, 0.15) is 24.1 Å². The lowest BCUT2D eigenvalue weighted by molar-refractivity contribution is -0.137. The molecule has 18 heavy (non-hydrogen) atoms. The number of nitrogens with one attached hydrogen (secondary N) is 1. The average Bonchev–Trinajstić information content (AvgIpc) is 2.81. The summed E-state index contributed by atoms with van der Waals surface area (Å²) in [7, 11) is 0. The molecule has 1 N–H and O–H groups in total. The van der Waals surface area contributed by atoms with Crippen LogP contribution in [-0.2, 0) is 6.18 Å². The molecule has 0 radical (unpaired) electrons. The maximum Gasteiger partial charge on any atom is 0.416 e. The van der Waals surface area contributed by atoms with Crippen molar-refractivity contribution in [1.29, 1.82) is 0 Å². The molecule has 2 rings (SSSR count). The molecule has 96 valence electrons. The minimum atomic E-state index is -4.29. The van der Waals surface area contributed by atoms with Gasteiger partial charge in [0.05, 0.1) is 11.6 Å². The SMILES string of the molecule is CC(Nc1nccs1)c1ccc(C(F)(F)F)cc1. The van der Waals surface area contributed by atoms with E-state index < -0.39 is 11.7 Å². The largest absolute Gasteiger partial charge is 0.416 e. The Labute approximate surface area is 106 Å². The molecule has 0 aliphatic carbocycles. The molecule has 6 heteroatoms. The summed E-state index contributed by atoms with van der Waals surface area (Å²) in [5, 5.41) is 5.71. The maximum atomic E-state index is 12.4. The van der Waals surface area contributed by atoms with E-state index in [1.165, 1.54) is 23.5 Å². The second-order valence-corrected chi connectivity index (χ2v) is 4.72. The molecular formula is C12H11F3N2S. The van der Waals surface area contributed by atoms with E-state index in [1.54, 1.807) is 6.20 Å². The third-order valence-electron chi connectivity index (χ3n) is 2.51. The van der Waals surface area contributed by atoms with Gasteiger partial charge in [0.25, 0.3) is 0 Å². The summed E-state index contributed by atoms with van der Waals surface area (Å²) < 4.78 is 37.2. The lowest BCUT2D eigenvalue weighted by Crippen LogP contribution is -2.08. The van der Waals surface area contributed by atoms with Gasteiger partial charge in [0, 0.05) is 11.6 Å². The molecule has 2 aromatic rings. The van der Waals surface area contributed by atoms with Gasteiger partial charge in [-0.15, -0.1) is 11.3 Å². The van der Waals surface area contributed by atoms with E-state index in [0.29, 0.717) is 0 Å². The molecule has 0 aliphatic rings. The fraction of sp³-hybridized carbons (Fsp3) is 0.250. The van der Waals surface area contributed by atoms with Crippen LogP contribution < -0.4 is 5.32 Å². The molecule has 0 amide bonds. The van der Waals surface area contributed by atoms with Crippen molar-refractivity contribution in [2.75, 3.05) is 5.32 Å². The number of thiazole rings is 1. The van der Waals surface area contributed by atoms with Crippen LogP contribution in [0.3, 0.4) is 0 Å².